The van der Waals surface area contributed by atoms with Gasteiger partial charge >= 0.3 is 0 Å². The number of ether oxygens (including phenoxy) is 3. The number of benzene rings is 1. The number of aliphatic imine (C=N–C) groups is 1. The van der Waals surface area contributed by atoms with E-state index in [0.717, 1.165) is 31.9 Å². The van der Waals surface area contributed by atoms with Crippen LogP contribution in [0.15, 0.2) is 23.2 Å². The Kier molecular flexibility index (Phi) is 8.19. The summed E-state index contributed by atoms with van der Waals surface area (Å²) in [4.78, 5) is 17.8. The molecule has 0 saturated carbocycles. The van der Waals surface area contributed by atoms with Gasteiger partial charge in [0.15, 0.2) is 17.5 Å². The minimum Gasteiger partial charge on any atom is -0.493 e. The van der Waals surface area contributed by atoms with Crippen molar-refractivity contribution in [3.63, 3.8) is 0 Å². The summed E-state index contributed by atoms with van der Waals surface area (Å²) in [5.74, 6) is 2.24. The Morgan fingerprint density at radius 3 is 2.81 bits per heavy atom. The van der Waals surface area contributed by atoms with Gasteiger partial charge in [-0.3, -0.25) is 4.79 Å². The zero-order valence-electron chi connectivity index (χ0n) is 16.6. The van der Waals surface area contributed by atoms with Gasteiger partial charge in [0.25, 0.3) is 0 Å². The molecule has 1 atom stereocenters. The lowest BCUT2D eigenvalue weighted by Gasteiger charge is -2.17. The number of carbonyl (C=O) groups is 1. The maximum atomic E-state index is 11.9. The fraction of sp³-hybridized carbons (Fsp3) is 0.579. The average molecular weight is 378 g/mol. The number of anilines is 1. The number of methoxy groups -OCH3 is 1. The van der Waals surface area contributed by atoms with Crippen molar-refractivity contribution in [2.75, 3.05) is 59.4 Å². The van der Waals surface area contributed by atoms with Gasteiger partial charge in [0.05, 0.1) is 20.3 Å². The molecule has 1 heterocycles. The van der Waals surface area contributed by atoms with Gasteiger partial charge in [0, 0.05) is 44.9 Å². The molecule has 2 rings (SSSR count). The van der Waals surface area contributed by atoms with Crippen LogP contribution >= 0.6 is 0 Å². The largest absolute Gasteiger partial charge is 0.493 e. The first-order chi connectivity index (χ1) is 13.0. The molecule has 8 heteroatoms. The first-order valence-electron chi connectivity index (χ1n) is 9.17. The summed E-state index contributed by atoms with van der Waals surface area (Å²) in [6, 6.07) is 5.57. The summed E-state index contributed by atoms with van der Waals surface area (Å²) in [6.07, 6.45) is 1.02. The Morgan fingerprint density at radius 2 is 2.19 bits per heavy atom. The number of rotatable bonds is 8. The number of guanidine groups is 1. The molecule has 1 saturated heterocycles. The molecule has 0 aromatic heterocycles. The highest BCUT2D eigenvalue weighted by Crippen LogP contribution is 2.30. The van der Waals surface area contributed by atoms with Crippen LogP contribution in [0.2, 0.25) is 0 Å². The maximum absolute atomic E-state index is 11.9. The van der Waals surface area contributed by atoms with E-state index < -0.39 is 0 Å². The van der Waals surface area contributed by atoms with Crippen molar-refractivity contribution in [3.8, 4) is 11.5 Å². The molecular weight excluding hydrogens is 348 g/mol. The van der Waals surface area contributed by atoms with Crippen LogP contribution in [0, 0.1) is 5.92 Å². The van der Waals surface area contributed by atoms with Crippen molar-refractivity contribution in [2.24, 2.45) is 10.9 Å². The summed E-state index contributed by atoms with van der Waals surface area (Å²) in [5, 5.41) is 6.53. The molecule has 1 amide bonds. The number of nitrogens with one attached hydrogen (secondary N) is 2. The molecule has 1 aliphatic rings. The summed E-state index contributed by atoms with van der Waals surface area (Å²) < 4.78 is 16.3. The van der Waals surface area contributed by atoms with Gasteiger partial charge < -0.3 is 29.7 Å². The zero-order chi connectivity index (χ0) is 19.6. The topological polar surface area (TPSA) is 84.4 Å². The van der Waals surface area contributed by atoms with Crippen molar-refractivity contribution in [1.82, 2.24) is 10.2 Å². The number of hydrogen-bond acceptors (Lipinski definition) is 5. The smallest absolute Gasteiger partial charge is 0.243 e. The van der Waals surface area contributed by atoms with Crippen molar-refractivity contribution < 1.29 is 19.0 Å². The van der Waals surface area contributed by atoms with E-state index >= 15 is 0 Å². The normalized spacial score (nSPS) is 16.7. The highest BCUT2D eigenvalue weighted by molar-refractivity contribution is 5.95. The van der Waals surface area contributed by atoms with Crippen LogP contribution in [-0.2, 0) is 9.53 Å². The van der Waals surface area contributed by atoms with Gasteiger partial charge in [0.1, 0.15) is 6.54 Å². The zero-order valence-corrected chi connectivity index (χ0v) is 16.6. The van der Waals surface area contributed by atoms with E-state index in [9.17, 15) is 4.79 Å². The van der Waals surface area contributed by atoms with E-state index in [0.29, 0.717) is 30.0 Å². The molecule has 1 aromatic carbocycles. The highest BCUT2D eigenvalue weighted by atomic mass is 16.5. The Labute approximate surface area is 160 Å². The Hall–Kier alpha value is -2.48. The molecule has 1 aliphatic heterocycles. The Morgan fingerprint density at radius 1 is 1.37 bits per heavy atom. The quantitative estimate of drug-likeness (QED) is 0.528. The van der Waals surface area contributed by atoms with Crippen LogP contribution in [-0.4, -0.2) is 70.9 Å². The number of likely N-dealkylation sites (N-methyl/N-ethyl adjacent to an activating group) is 1. The first kappa shape index (κ1) is 20.8. The predicted molar refractivity (Wildman–Crippen MR) is 106 cm³/mol. The number of hydrogen-bond donors (Lipinski definition) is 2. The van der Waals surface area contributed by atoms with Gasteiger partial charge in [-0.25, -0.2) is 4.99 Å². The van der Waals surface area contributed by atoms with Gasteiger partial charge in [0.2, 0.25) is 5.91 Å². The maximum Gasteiger partial charge on any atom is 0.243 e. The lowest BCUT2D eigenvalue weighted by Crippen LogP contribution is -2.36. The third kappa shape index (κ3) is 6.63. The lowest BCUT2D eigenvalue weighted by atomic mass is 10.1. The molecule has 0 radical (unpaired) electrons. The van der Waals surface area contributed by atoms with E-state index in [2.05, 4.69) is 15.6 Å². The number of nitrogens with zero attached hydrogens (tertiary/aromatic N) is 2. The Balaban J connectivity index is 2.09. The molecule has 150 valence electrons. The van der Waals surface area contributed by atoms with E-state index in [-0.39, 0.29) is 12.5 Å². The van der Waals surface area contributed by atoms with E-state index in [4.69, 9.17) is 14.2 Å². The molecule has 8 nitrogen and oxygen atoms in total. The van der Waals surface area contributed by atoms with Gasteiger partial charge in [-0.15, -0.1) is 0 Å². The van der Waals surface area contributed by atoms with Crippen molar-refractivity contribution in [3.05, 3.63) is 18.2 Å². The van der Waals surface area contributed by atoms with Crippen LogP contribution < -0.4 is 20.1 Å². The predicted octanol–water partition coefficient (Wildman–Crippen LogP) is 1.58. The van der Waals surface area contributed by atoms with Crippen LogP contribution in [0.4, 0.5) is 5.69 Å². The molecule has 2 N–H and O–H groups in total. The van der Waals surface area contributed by atoms with E-state index in [1.54, 1.807) is 21.2 Å². The van der Waals surface area contributed by atoms with Crippen molar-refractivity contribution in [1.29, 1.82) is 0 Å². The standard InChI is InChI=1S/C19H30N4O4/c1-5-27-16-7-6-15(10-17(16)25-4)22-19(21-12-18(24)23(2)3)20-11-14-8-9-26-13-14/h6-7,10,14H,5,8-9,11-13H2,1-4H3,(H2,20,21,22). The SMILES string of the molecule is CCOc1ccc(NC(=NCC(=O)N(C)C)NCC2CCOC2)cc1OC. The third-order valence-electron chi connectivity index (χ3n) is 4.18. The molecule has 0 bridgehead atoms. The minimum absolute atomic E-state index is 0.0652. The summed E-state index contributed by atoms with van der Waals surface area (Å²) in [7, 11) is 5.03. The lowest BCUT2D eigenvalue weighted by molar-refractivity contribution is -0.127. The molecule has 0 spiro atoms. The first-order valence-corrected chi connectivity index (χ1v) is 9.17. The Bertz CT molecular complexity index is 643. The fourth-order valence-corrected chi connectivity index (χ4v) is 2.57. The molecular formula is C19H30N4O4. The highest BCUT2D eigenvalue weighted by Gasteiger charge is 2.16. The van der Waals surface area contributed by atoms with Gasteiger partial charge in [-0.1, -0.05) is 0 Å². The molecule has 0 aliphatic carbocycles. The number of amides is 1. The molecule has 1 fully saturated rings. The number of carbonyl (C=O) groups excluding carboxylic acids is 1. The van der Waals surface area contributed by atoms with Crippen LogP contribution in [0.5, 0.6) is 11.5 Å². The molecule has 1 aromatic rings. The van der Waals surface area contributed by atoms with E-state index in [1.807, 2.05) is 25.1 Å². The van der Waals surface area contributed by atoms with Crippen LogP contribution in [0.3, 0.4) is 0 Å². The van der Waals surface area contributed by atoms with Gasteiger partial charge in [-0.05, 0) is 25.5 Å². The van der Waals surface area contributed by atoms with Crippen LogP contribution in [0.25, 0.3) is 0 Å². The fourth-order valence-electron chi connectivity index (χ4n) is 2.57. The molecule has 27 heavy (non-hydrogen) atoms. The minimum atomic E-state index is -0.0652. The third-order valence-corrected chi connectivity index (χ3v) is 4.18. The van der Waals surface area contributed by atoms with Crippen molar-refractivity contribution in [2.45, 2.75) is 13.3 Å². The monoisotopic (exact) mass is 378 g/mol. The summed E-state index contributed by atoms with van der Waals surface area (Å²) >= 11 is 0. The summed E-state index contributed by atoms with van der Waals surface area (Å²) in [6.45, 7) is 4.82. The molecule has 1 unspecified atom stereocenters. The second-order valence-electron chi connectivity index (χ2n) is 6.49. The van der Waals surface area contributed by atoms with E-state index in [1.165, 1.54) is 4.90 Å². The second kappa shape index (κ2) is 10.6. The summed E-state index contributed by atoms with van der Waals surface area (Å²) in [5.41, 5.74) is 0.793. The van der Waals surface area contributed by atoms with Crippen molar-refractivity contribution >= 4 is 17.6 Å². The van der Waals surface area contributed by atoms with Crippen LogP contribution in [0.1, 0.15) is 13.3 Å². The van der Waals surface area contributed by atoms with Gasteiger partial charge in [-0.2, -0.15) is 0 Å². The average Bonchev–Trinajstić information content (AvgIpc) is 3.18. The second-order valence-corrected chi connectivity index (χ2v) is 6.49.